The van der Waals surface area contributed by atoms with Crippen LogP contribution in [-0.4, -0.2) is 41.9 Å². The molecule has 1 aliphatic heterocycles. The summed E-state index contributed by atoms with van der Waals surface area (Å²) in [5.74, 6) is -0.958. The van der Waals surface area contributed by atoms with Crippen LogP contribution in [0.4, 0.5) is 0 Å². The first-order valence-corrected chi connectivity index (χ1v) is 5.53. The molecule has 1 saturated heterocycles. The minimum Gasteiger partial charge on any atom is -0.464 e. The number of hydrogen-bond acceptors (Lipinski definition) is 5. The standard InChI is InChI=1S/C11H16N2O4/c1-11(16-7-8-17-11)4-6-13-9(3-5-12-13)10(14)15-2/h3,5H,4,6-8H2,1-2H3. The maximum Gasteiger partial charge on any atom is 0.356 e. The molecule has 94 valence electrons. The molecule has 0 radical (unpaired) electrons. The Bertz CT molecular complexity index is 396. The predicted molar refractivity (Wildman–Crippen MR) is 58.5 cm³/mol. The Morgan fingerprint density at radius 1 is 1.59 bits per heavy atom. The highest BCUT2D eigenvalue weighted by Gasteiger charge is 2.31. The van der Waals surface area contributed by atoms with Gasteiger partial charge in [-0.1, -0.05) is 0 Å². The van der Waals surface area contributed by atoms with Gasteiger partial charge in [0.2, 0.25) is 0 Å². The summed E-state index contributed by atoms with van der Waals surface area (Å²) in [5.41, 5.74) is 0.439. The van der Waals surface area contributed by atoms with Crippen LogP contribution in [-0.2, 0) is 20.8 Å². The Morgan fingerprint density at radius 3 is 2.94 bits per heavy atom. The molecule has 2 rings (SSSR count). The molecule has 17 heavy (non-hydrogen) atoms. The lowest BCUT2D eigenvalue weighted by atomic mass is 10.2. The van der Waals surface area contributed by atoms with Crippen molar-refractivity contribution in [3.63, 3.8) is 0 Å². The van der Waals surface area contributed by atoms with Crippen molar-refractivity contribution >= 4 is 5.97 Å². The Hall–Kier alpha value is -1.40. The fourth-order valence-electron chi connectivity index (χ4n) is 1.80. The second kappa shape index (κ2) is 4.85. The second-order valence-corrected chi connectivity index (χ2v) is 4.01. The molecule has 0 bridgehead atoms. The smallest absolute Gasteiger partial charge is 0.356 e. The zero-order chi connectivity index (χ0) is 12.3. The fourth-order valence-corrected chi connectivity index (χ4v) is 1.80. The van der Waals surface area contributed by atoms with Crippen LogP contribution in [0.5, 0.6) is 0 Å². The third kappa shape index (κ3) is 2.65. The third-order valence-electron chi connectivity index (χ3n) is 2.79. The van der Waals surface area contributed by atoms with Crippen molar-refractivity contribution in [2.75, 3.05) is 20.3 Å². The molecule has 1 aromatic heterocycles. The van der Waals surface area contributed by atoms with E-state index in [1.807, 2.05) is 6.92 Å². The van der Waals surface area contributed by atoms with Gasteiger partial charge in [0.15, 0.2) is 5.79 Å². The molecule has 0 amide bonds. The number of aromatic nitrogens is 2. The number of carbonyl (C=O) groups excluding carboxylic acids is 1. The van der Waals surface area contributed by atoms with Crippen molar-refractivity contribution in [1.82, 2.24) is 9.78 Å². The monoisotopic (exact) mass is 240 g/mol. The van der Waals surface area contributed by atoms with E-state index in [0.29, 0.717) is 31.9 Å². The number of esters is 1. The summed E-state index contributed by atoms with van der Waals surface area (Å²) < 4.78 is 17.2. The van der Waals surface area contributed by atoms with Gasteiger partial charge >= 0.3 is 5.97 Å². The average molecular weight is 240 g/mol. The quantitative estimate of drug-likeness (QED) is 0.729. The van der Waals surface area contributed by atoms with Crippen LogP contribution in [0.2, 0.25) is 0 Å². The number of ether oxygens (including phenoxy) is 3. The molecule has 0 saturated carbocycles. The van der Waals surface area contributed by atoms with Crippen LogP contribution >= 0.6 is 0 Å². The summed E-state index contributed by atoms with van der Waals surface area (Å²) >= 11 is 0. The van der Waals surface area contributed by atoms with E-state index < -0.39 is 5.79 Å². The Labute approximate surface area is 99.5 Å². The number of rotatable bonds is 4. The third-order valence-corrected chi connectivity index (χ3v) is 2.79. The zero-order valence-electron chi connectivity index (χ0n) is 10.0. The molecular weight excluding hydrogens is 224 g/mol. The van der Waals surface area contributed by atoms with Gasteiger partial charge in [-0.15, -0.1) is 0 Å². The second-order valence-electron chi connectivity index (χ2n) is 4.01. The van der Waals surface area contributed by atoms with E-state index in [1.54, 1.807) is 16.9 Å². The van der Waals surface area contributed by atoms with Crippen LogP contribution in [0.3, 0.4) is 0 Å². The minimum atomic E-state index is -0.570. The van der Waals surface area contributed by atoms with Crippen molar-refractivity contribution in [3.05, 3.63) is 18.0 Å². The first-order chi connectivity index (χ1) is 8.14. The summed E-state index contributed by atoms with van der Waals surface area (Å²) in [6, 6.07) is 1.63. The topological polar surface area (TPSA) is 62.6 Å². The summed E-state index contributed by atoms with van der Waals surface area (Å²) in [6.45, 7) is 3.66. The van der Waals surface area contributed by atoms with Crippen LogP contribution in [0, 0.1) is 0 Å². The van der Waals surface area contributed by atoms with E-state index in [-0.39, 0.29) is 5.97 Å². The highest BCUT2D eigenvalue weighted by atomic mass is 16.7. The molecule has 2 heterocycles. The SMILES string of the molecule is COC(=O)c1ccnn1CCC1(C)OCCO1. The first-order valence-electron chi connectivity index (χ1n) is 5.53. The predicted octanol–water partition coefficient (Wildman–Crippen LogP) is 0.823. The lowest BCUT2D eigenvalue weighted by Crippen LogP contribution is -2.28. The summed E-state index contributed by atoms with van der Waals surface area (Å²) in [6.07, 6.45) is 2.21. The van der Waals surface area contributed by atoms with Crippen molar-refractivity contribution in [1.29, 1.82) is 0 Å². The van der Waals surface area contributed by atoms with Gasteiger partial charge in [0, 0.05) is 19.2 Å². The maximum atomic E-state index is 11.4. The van der Waals surface area contributed by atoms with Crippen molar-refractivity contribution in [2.24, 2.45) is 0 Å². The van der Waals surface area contributed by atoms with Gasteiger partial charge in [-0.05, 0) is 13.0 Å². The number of methoxy groups -OCH3 is 1. The highest BCUT2D eigenvalue weighted by Crippen LogP contribution is 2.23. The lowest BCUT2D eigenvalue weighted by Gasteiger charge is -2.22. The number of aryl methyl sites for hydroxylation is 1. The molecule has 0 spiro atoms. The zero-order valence-corrected chi connectivity index (χ0v) is 10.0. The van der Waals surface area contributed by atoms with Gasteiger partial charge in [-0.25, -0.2) is 4.79 Å². The highest BCUT2D eigenvalue weighted by molar-refractivity contribution is 5.87. The van der Waals surface area contributed by atoms with E-state index >= 15 is 0 Å². The first kappa shape index (κ1) is 12.1. The van der Waals surface area contributed by atoms with Crippen LogP contribution in [0.25, 0.3) is 0 Å². The number of carbonyl (C=O) groups is 1. The van der Waals surface area contributed by atoms with Crippen LogP contribution in [0.1, 0.15) is 23.8 Å². The van der Waals surface area contributed by atoms with Crippen molar-refractivity contribution in [3.8, 4) is 0 Å². The molecule has 0 N–H and O–H groups in total. The van der Waals surface area contributed by atoms with E-state index in [2.05, 4.69) is 9.84 Å². The van der Waals surface area contributed by atoms with Gasteiger partial charge in [0.1, 0.15) is 5.69 Å². The fraction of sp³-hybridized carbons (Fsp3) is 0.636. The summed E-state index contributed by atoms with van der Waals surface area (Å²) in [7, 11) is 1.35. The Balaban J connectivity index is 1.99. The summed E-state index contributed by atoms with van der Waals surface area (Å²) in [4.78, 5) is 11.4. The maximum absolute atomic E-state index is 11.4. The molecule has 6 nitrogen and oxygen atoms in total. The van der Waals surface area contributed by atoms with E-state index in [1.165, 1.54) is 7.11 Å². The van der Waals surface area contributed by atoms with Crippen molar-refractivity contribution < 1.29 is 19.0 Å². The minimum absolute atomic E-state index is 0.388. The molecule has 0 aromatic carbocycles. The molecular formula is C11H16N2O4. The molecule has 6 heteroatoms. The van der Waals surface area contributed by atoms with E-state index in [4.69, 9.17) is 9.47 Å². The van der Waals surface area contributed by atoms with Crippen LogP contribution < -0.4 is 0 Å². The molecule has 1 aliphatic rings. The Kier molecular flexibility index (Phi) is 3.44. The van der Waals surface area contributed by atoms with Crippen molar-refractivity contribution in [2.45, 2.75) is 25.7 Å². The van der Waals surface area contributed by atoms with Gasteiger partial charge in [-0.2, -0.15) is 5.10 Å². The largest absolute Gasteiger partial charge is 0.464 e. The number of nitrogens with zero attached hydrogens (tertiary/aromatic N) is 2. The number of hydrogen-bond donors (Lipinski definition) is 0. The van der Waals surface area contributed by atoms with Crippen LogP contribution in [0.15, 0.2) is 12.3 Å². The van der Waals surface area contributed by atoms with Gasteiger partial charge in [0.05, 0.1) is 20.3 Å². The van der Waals surface area contributed by atoms with Gasteiger partial charge in [0.25, 0.3) is 0 Å². The molecule has 1 fully saturated rings. The summed E-state index contributed by atoms with van der Waals surface area (Å²) in [5, 5.41) is 4.08. The lowest BCUT2D eigenvalue weighted by molar-refractivity contribution is -0.148. The van der Waals surface area contributed by atoms with Gasteiger partial charge in [-0.3, -0.25) is 4.68 Å². The normalized spacial score (nSPS) is 18.2. The van der Waals surface area contributed by atoms with E-state index in [9.17, 15) is 4.79 Å². The molecule has 0 atom stereocenters. The Morgan fingerprint density at radius 2 is 2.29 bits per heavy atom. The molecule has 0 unspecified atom stereocenters. The molecule has 1 aromatic rings. The average Bonchev–Trinajstić information content (AvgIpc) is 2.94. The van der Waals surface area contributed by atoms with E-state index in [0.717, 1.165) is 0 Å². The van der Waals surface area contributed by atoms with Gasteiger partial charge < -0.3 is 14.2 Å². The molecule has 0 aliphatic carbocycles.